The van der Waals surface area contributed by atoms with Crippen LogP contribution in [0.5, 0.6) is 0 Å². The van der Waals surface area contributed by atoms with Crippen LogP contribution in [0.15, 0.2) is 0 Å². The van der Waals surface area contributed by atoms with Gasteiger partial charge in [-0.1, -0.05) is 168 Å². The van der Waals surface area contributed by atoms with Crippen molar-refractivity contribution in [1.29, 1.82) is 0 Å². The molecule has 0 aliphatic carbocycles. The van der Waals surface area contributed by atoms with Gasteiger partial charge in [0.15, 0.2) is 0 Å². The number of nitrogens with zero attached hydrogens (tertiary/aromatic N) is 1. The summed E-state index contributed by atoms with van der Waals surface area (Å²) in [6, 6.07) is 0. The molecule has 0 aromatic heterocycles. The maximum Gasteiger partial charge on any atom is 0.309 e. The molecule has 0 radical (unpaired) electrons. The molecule has 0 amide bonds. The number of carbonyl (C=O) groups excluding carboxylic acids is 2. The van der Waals surface area contributed by atoms with Crippen LogP contribution in [0.2, 0.25) is 0 Å². The Morgan fingerprint density at radius 3 is 1.33 bits per heavy atom. The molecule has 0 aromatic rings. The Morgan fingerprint density at radius 1 is 0.500 bits per heavy atom. The summed E-state index contributed by atoms with van der Waals surface area (Å²) < 4.78 is 11.9. The summed E-state index contributed by atoms with van der Waals surface area (Å²) in [7, 11) is 4.17. The zero-order valence-corrected chi connectivity index (χ0v) is 31.9. The highest BCUT2D eigenvalue weighted by Crippen LogP contribution is 2.22. The fraction of sp³-hybridized carbons (Fsp3) is 0.951. The number of ether oxygens (including phenoxy) is 2. The van der Waals surface area contributed by atoms with E-state index < -0.39 is 0 Å². The van der Waals surface area contributed by atoms with Crippen molar-refractivity contribution in [2.45, 2.75) is 219 Å². The Morgan fingerprint density at radius 2 is 0.891 bits per heavy atom. The predicted octanol–water partition coefficient (Wildman–Crippen LogP) is 12.4. The van der Waals surface area contributed by atoms with Crippen LogP contribution in [0, 0.1) is 5.92 Å². The van der Waals surface area contributed by atoms with E-state index in [0.29, 0.717) is 6.42 Å². The summed E-state index contributed by atoms with van der Waals surface area (Å²) in [4.78, 5) is 28.3. The molecule has 0 bridgehead atoms. The molecule has 0 aliphatic rings. The van der Waals surface area contributed by atoms with Crippen LogP contribution in [0.3, 0.4) is 0 Å². The highest BCUT2D eigenvalue weighted by molar-refractivity contribution is 5.72. The lowest BCUT2D eigenvalue weighted by atomic mass is 9.94. The molecule has 0 rings (SSSR count). The number of hydrogen-bond acceptors (Lipinski definition) is 5. The summed E-state index contributed by atoms with van der Waals surface area (Å²) in [5.74, 6) is -0.220. The molecule has 5 heteroatoms. The van der Waals surface area contributed by atoms with Gasteiger partial charge in [0.1, 0.15) is 12.7 Å². The minimum Gasteiger partial charge on any atom is -0.462 e. The van der Waals surface area contributed by atoms with Crippen molar-refractivity contribution >= 4 is 11.9 Å². The van der Waals surface area contributed by atoms with E-state index in [1.807, 2.05) is 0 Å². The van der Waals surface area contributed by atoms with Crippen molar-refractivity contribution in [2.75, 3.05) is 27.2 Å². The second-order valence-electron chi connectivity index (χ2n) is 14.5. The van der Waals surface area contributed by atoms with E-state index in [1.165, 1.54) is 122 Å². The van der Waals surface area contributed by atoms with Gasteiger partial charge in [-0.05, 0) is 59.2 Å². The van der Waals surface area contributed by atoms with Crippen LogP contribution < -0.4 is 0 Å². The molecule has 0 spiro atoms. The average molecular weight is 652 g/mol. The zero-order valence-electron chi connectivity index (χ0n) is 31.9. The fourth-order valence-electron chi connectivity index (χ4n) is 6.35. The molecule has 5 nitrogen and oxygen atoms in total. The van der Waals surface area contributed by atoms with Crippen molar-refractivity contribution in [3.05, 3.63) is 0 Å². The van der Waals surface area contributed by atoms with Gasteiger partial charge in [0.25, 0.3) is 0 Å². The Labute approximate surface area is 288 Å². The third-order valence-corrected chi connectivity index (χ3v) is 9.47. The summed E-state index contributed by atoms with van der Waals surface area (Å²) in [6.45, 7) is 8.04. The maximum absolute atomic E-state index is 13.4. The third kappa shape index (κ3) is 31.5. The number of esters is 2. The van der Waals surface area contributed by atoms with Crippen molar-refractivity contribution in [3.8, 4) is 0 Å². The second kappa shape index (κ2) is 35.2. The minimum absolute atomic E-state index is 0.0210. The molecule has 46 heavy (non-hydrogen) atoms. The summed E-state index contributed by atoms with van der Waals surface area (Å²) >= 11 is 0. The SMILES string of the molecule is CCCCCCCCCCCCCC(COC(=O)C(CCCCCCCC)CCCCCCCC)OC(=O)CCCCCN(C)C. The molecule has 0 saturated carbocycles. The van der Waals surface area contributed by atoms with E-state index in [0.717, 1.165) is 70.8 Å². The van der Waals surface area contributed by atoms with Gasteiger partial charge in [-0.25, -0.2) is 0 Å². The number of rotatable bonds is 36. The monoisotopic (exact) mass is 652 g/mol. The van der Waals surface area contributed by atoms with Crippen molar-refractivity contribution in [3.63, 3.8) is 0 Å². The topological polar surface area (TPSA) is 55.8 Å². The van der Waals surface area contributed by atoms with Gasteiger partial charge in [-0.3, -0.25) is 9.59 Å². The number of hydrogen-bond donors (Lipinski definition) is 0. The molecule has 0 saturated heterocycles. The van der Waals surface area contributed by atoms with Crippen molar-refractivity contribution in [1.82, 2.24) is 4.90 Å². The van der Waals surface area contributed by atoms with Gasteiger partial charge >= 0.3 is 11.9 Å². The van der Waals surface area contributed by atoms with Gasteiger partial charge < -0.3 is 14.4 Å². The molecule has 0 N–H and O–H groups in total. The van der Waals surface area contributed by atoms with E-state index in [4.69, 9.17) is 9.47 Å². The molecule has 274 valence electrons. The molecule has 0 aromatic carbocycles. The van der Waals surface area contributed by atoms with Crippen LogP contribution in [-0.4, -0.2) is 50.2 Å². The molecular formula is C41H81NO4. The highest BCUT2D eigenvalue weighted by atomic mass is 16.6. The van der Waals surface area contributed by atoms with Gasteiger partial charge in [-0.15, -0.1) is 0 Å². The third-order valence-electron chi connectivity index (χ3n) is 9.47. The molecule has 0 heterocycles. The standard InChI is InChI=1S/C41H81NO4/c1-6-9-12-15-18-19-20-21-22-25-29-34-39(46-40(43)35-30-26-31-36-42(4)5)37-45-41(44)38(32-27-23-16-13-10-7-2)33-28-24-17-14-11-8-3/h38-39H,6-37H2,1-5H3. The molecular weight excluding hydrogens is 570 g/mol. The predicted molar refractivity (Wildman–Crippen MR) is 198 cm³/mol. The lowest BCUT2D eigenvalue weighted by Crippen LogP contribution is -2.28. The average Bonchev–Trinajstić information content (AvgIpc) is 3.04. The molecule has 1 unspecified atom stereocenters. The minimum atomic E-state index is -0.319. The Hall–Kier alpha value is -1.10. The normalized spacial score (nSPS) is 12.2. The van der Waals surface area contributed by atoms with E-state index >= 15 is 0 Å². The molecule has 0 fully saturated rings. The number of carbonyl (C=O) groups is 2. The largest absolute Gasteiger partial charge is 0.462 e. The summed E-state index contributed by atoms with van der Waals surface area (Å²) in [5, 5.41) is 0. The Bertz CT molecular complexity index is 636. The van der Waals surface area contributed by atoms with Crippen molar-refractivity contribution in [2.24, 2.45) is 5.92 Å². The van der Waals surface area contributed by atoms with Gasteiger partial charge in [0, 0.05) is 6.42 Å². The quantitative estimate of drug-likeness (QED) is 0.0498. The van der Waals surface area contributed by atoms with Crippen LogP contribution >= 0.6 is 0 Å². The summed E-state index contributed by atoms with van der Waals surface area (Å²) in [6.07, 6.45) is 34.8. The van der Waals surface area contributed by atoms with Crippen molar-refractivity contribution < 1.29 is 19.1 Å². The van der Waals surface area contributed by atoms with Crippen LogP contribution in [-0.2, 0) is 19.1 Å². The smallest absolute Gasteiger partial charge is 0.309 e. The van der Waals surface area contributed by atoms with E-state index in [-0.39, 0.29) is 30.6 Å². The number of unbranched alkanes of at least 4 members (excludes halogenated alkanes) is 22. The first-order valence-electron chi connectivity index (χ1n) is 20.4. The first-order chi connectivity index (χ1) is 22.4. The van der Waals surface area contributed by atoms with Crippen LogP contribution in [0.1, 0.15) is 213 Å². The Kier molecular flexibility index (Phi) is 34.4. The van der Waals surface area contributed by atoms with Crippen LogP contribution in [0.4, 0.5) is 0 Å². The first-order valence-corrected chi connectivity index (χ1v) is 20.4. The van der Waals surface area contributed by atoms with Gasteiger partial charge in [0.2, 0.25) is 0 Å². The molecule has 1 atom stereocenters. The van der Waals surface area contributed by atoms with E-state index in [9.17, 15) is 9.59 Å². The van der Waals surface area contributed by atoms with E-state index in [2.05, 4.69) is 39.8 Å². The summed E-state index contributed by atoms with van der Waals surface area (Å²) in [5.41, 5.74) is 0. The maximum atomic E-state index is 13.4. The fourth-order valence-corrected chi connectivity index (χ4v) is 6.35. The lowest BCUT2D eigenvalue weighted by molar-refractivity contribution is -0.162. The van der Waals surface area contributed by atoms with Gasteiger partial charge in [-0.2, -0.15) is 0 Å². The lowest BCUT2D eigenvalue weighted by Gasteiger charge is -2.21. The van der Waals surface area contributed by atoms with Crippen LogP contribution in [0.25, 0.3) is 0 Å². The first kappa shape index (κ1) is 44.9. The molecule has 0 aliphatic heterocycles. The Balaban J connectivity index is 4.81. The van der Waals surface area contributed by atoms with E-state index in [1.54, 1.807) is 0 Å². The van der Waals surface area contributed by atoms with Gasteiger partial charge in [0.05, 0.1) is 5.92 Å². The highest BCUT2D eigenvalue weighted by Gasteiger charge is 2.22. The second-order valence-corrected chi connectivity index (χ2v) is 14.5. The zero-order chi connectivity index (χ0) is 33.9.